The molecule has 0 radical (unpaired) electrons. The average molecular weight is 579 g/mol. The van der Waals surface area contributed by atoms with Crippen molar-refractivity contribution in [1.82, 2.24) is 20.4 Å². The first-order valence-electron chi connectivity index (χ1n) is 16.9. The van der Waals surface area contributed by atoms with Gasteiger partial charge in [-0.2, -0.15) is 0 Å². The summed E-state index contributed by atoms with van der Waals surface area (Å²) in [5.41, 5.74) is 6.39. The van der Waals surface area contributed by atoms with E-state index in [4.69, 9.17) is 0 Å². The fraction of sp³-hybridized carbons (Fsp3) is 0.500. The molecule has 1 saturated heterocycles. The molecule has 43 heavy (non-hydrogen) atoms. The number of carbonyl (C=O) groups is 1. The van der Waals surface area contributed by atoms with Gasteiger partial charge in [-0.05, 0) is 78.5 Å². The van der Waals surface area contributed by atoms with Crippen molar-refractivity contribution in [2.24, 2.45) is 0 Å². The molecular weight excluding hydrogens is 528 g/mol. The number of likely N-dealkylation sites (tertiary alicyclic amines) is 1. The third kappa shape index (κ3) is 8.49. The number of carbonyl (C=O) groups excluding carboxylic acids is 1. The number of urea groups is 1. The molecule has 5 nitrogen and oxygen atoms in total. The van der Waals surface area contributed by atoms with Gasteiger partial charge in [0, 0.05) is 50.8 Å². The Balaban J connectivity index is 1.13. The number of nitrogens with zero attached hydrogens (tertiary/aromatic N) is 2. The minimum Gasteiger partial charge on any atom is -0.335 e. The number of amides is 2. The van der Waals surface area contributed by atoms with Gasteiger partial charge in [-0.1, -0.05) is 98.8 Å². The number of hydrogen-bond acceptors (Lipinski definition) is 3. The standard InChI is InChI=1S/C38H50N4O/c43-38(40-36-19-5-2-6-20-36)42(37-21-23-41(24-22-37)28-30-11-3-1-4-12-30)29-32-14-10-16-34(26-32)33-15-9-13-31(25-33)27-39-35-17-7-8-18-35/h1,3-4,9-16,25-26,35-37,39H,2,5-8,17-24,27-29H2,(H,40,43). The molecular formula is C38H50N4O. The second kappa shape index (κ2) is 15.0. The molecule has 2 aliphatic carbocycles. The smallest absolute Gasteiger partial charge is 0.318 e. The molecule has 3 aromatic rings. The number of rotatable bonds is 10. The molecule has 6 rings (SSSR count). The molecule has 3 aromatic carbocycles. The average Bonchev–Trinajstić information content (AvgIpc) is 3.58. The highest BCUT2D eigenvalue weighted by Gasteiger charge is 2.30. The third-order valence-corrected chi connectivity index (χ3v) is 9.93. The van der Waals surface area contributed by atoms with Gasteiger partial charge in [0.05, 0.1) is 0 Å². The molecule has 1 heterocycles. The van der Waals surface area contributed by atoms with Crippen LogP contribution in [0.3, 0.4) is 0 Å². The molecule has 0 aromatic heterocycles. The van der Waals surface area contributed by atoms with E-state index in [0.29, 0.717) is 18.6 Å². The number of hydrogen-bond donors (Lipinski definition) is 2. The van der Waals surface area contributed by atoms with Crippen molar-refractivity contribution >= 4 is 6.03 Å². The van der Waals surface area contributed by atoms with Crippen LogP contribution in [0.5, 0.6) is 0 Å². The maximum Gasteiger partial charge on any atom is 0.318 e. The fourth-order valence-electron chi connectivity index (χ4n) is 7.40. The van der Waals surface area contributed by atoms with E-state index in [1.165, 1.54) is 72.8 Å². The molecule has 0 unspecified atom stereocenters. The van der Waals surface area contributed by atoms with E-state index in [0.717, 1.165) is 51.9 Å². The Hall–Kier alpha value is -3.15. The molecule has 3 aliphatic rings. The lowest BCUT2D eigenvalue weighted by molar-refractivity contribution is 0.110. The van der Waals surface area contributed by atoms with Crippen molar-refractivity contribution in [1.29, 1.82) is 0 Å². The van der Waals surface area contributed by atoms with E-state index in [-0.39, 0.29) is 12.1 Å². The third-order valence-electron chi connectivity index (χ3n) is 9.93. The minimum absolute atomic E-state index is 0.124. The lowest BCUT2D eigenvalue weighted by atomic mass is 9.95. The quantitative estimate of drug-likeness (QED) is 0.257. The molecule has 2 N–H and O–H groups in total. The molecule has 5 heteroatoms. The summed E-state index contributed by atoms with van der Waals surface area (Å²) in [6.45, 7) is 4.61. The molecule has 1 aliphatic heterocycles. The van der Waals surface area contributed by atoms with Crippen LogP contribution in [0.2, 0.25) is 0 Å². The molecule has 0 atom stereocenters. The van der Waals surface area contributed by atoms with Crippen LogP contribution in [0.1, 0.15) is 87.3 Å². The fourth-order valence-corrected chi connectivity index (χ4v) is 7.40. The van der Waals surface area contributed by atoms with Gasteiger partial charge < -0.3 is 15.5 Å². The van der Waals surface area contributed by atoms with E-state index in [1.54, 1.807) is 0 Å². The minimum atomic E-state index is 0.124. The Bertz CT molecular complexity index is 1290. The van der Waals surface area contributed by atoms with Crippen molar-refractivity contribution in [3.05, 3.63) is 95.6 Å². The first kappa shape index (κ1) is 29.9. The first-order chi connectivity index (χ1) is 21.2. The number of piperidine rings is 1. The lowest BCUT2D eigenvalue weighted by Gasteiger charge is -2.39. The normalized spacial score (nSPS) is 19.0. The van der Waals surface area contributed by atoms with Gasteiger partial charge >= 0.3 is 6.03 Å². The Morgan fingerprint density at radius 2 is 1.28 bits per heavy atom. The highest BCUT2D eigenvalue weighted by molar-refractivity contribution is 5.75. The van der Waals surface area contributed by atoms with E-state index in [2.05, 4.69) is 99.3 Å². The van der Waals surface area contributed by atoms with E-state index in [9.17, 15) is 4.79 Å². The van der Waals surface area contributed by atoms with Crippen molar-refractivity contribution in [3.63, 3.8) is 0 Å². The molecule has 3 fully saturated rings. The summed E-state index contributed by atoms with van der Waals surface area (Å²) in [6, 6.07) is 29.9. The van der Waals surface area contributed by atoms with Crippen LogP contribution in [0, 0.1) is 0 Å². The van der Waals surface area contributed by atoms with Crippen LogP contribution in [0.25, 0.3) is 11.1 Å². The summed E-state index contributed by atoms with van der Waals surface area (Å²) in [4.78, 5) is 18.6. The first-order valence-corrected chi connectivity index (χ1v) is 16.9. The zero-order valence-corrected chi connectivity index (χ0v) is 25.9. The van der Waals surface area contributed by atoms with Gasteiger partial charge in [0.25, 0.3) is 0 Å². The molecule has 2 amide bonds. The topological polar surface area (TPSA) is 47.6 Å². The van der Waals surface area contributed by atoms with Crippen molar-refractivity contribution in [3.8, 4) is 11.1 Å². The summed E-state index contributed by atoms with van der Waals surface area (Å²) in [7, 11) is 0. The van der Waals surface area contributed by atoms with Crippen molar-refractivity contribution < 1.29 is 4.79 Å². The van der Waals surface area contributed by atoms with E-state index in [1.807, 2.05) is 0 Å². The Kier molecular flexibility index (Phi) is 10.5. The maximum atomic E-state index is 13.9. The monoisotopic (exact) mass is 578 g/mol. The predicted octanol–water partition coefficient (Wildman–Crippen LogP) is 7.89. The summed E-state index contributed by atoms with van der Waals surface area (Å²) >= 11 is 0. The molecule has 2 saturated carbocycles. The molecule has 0 spiro atoms. The van der Waals surface area contributed by atoms with Gasteiger partial charge in [-0.15, -0.1) is 0 Å². The van der Waals surface area contributed by atoms with Crippen LogP contribution in [-0.4, -0.2) is 47.0 Å². The summed E-state index contributed by atoms with van der Waals surface area (Å²) in [5, 5.41) is 7.20. The molecule has 228 valence electrons. The lowest BCUT2D eigenvalue weighted by Crippen LogP contribution is -2.52. The van der Waals surface area contributed by atoms with Gasteiger partial charge in [-0.3, -0.25) is 4.90 Å². The van der Waals surface area contributed by atoms with Gasteiger partial charge in [0.15, 0.2) is 0 Å². The SMILES string of the molecule is O=C(NC1CCCCC1)N(Cc1cccc(-c2cccc(CNC3CCCC3)c2)c1)C1CCN(Cc2ccccc2)CC1. The highest BCUT2D eigenvalue weighted by Crippen LogP contribution is 2.26. The Morgan fingerprint density at radius 1 is 0.674 bits per heavy atom. The Labute approximate surface area is 259 Å². The van der Waals surface area contributed by atoms with Crippen molar-refractivity contribution in [2.45, 2.75) is 108 Å². The highest BCUT2D eigenvalue weighted by atomic mass is 16.2. The molecule has 0 bridgehead atoms. The van der Waals surface area contributed by atoms with Crippen LogP contribution < -0.4 is 10.6 Å². The summed E-state index contributed by atoms with van der Waals surface area (Å²) in [5.74, 6) is 0. The van der Waals surface area contributed by atoms with Gasteiger partial charge in [0.1, 0.15) is 0 Å². The van der Waals surface area contributed by atoms with Gasteiger partial charge in [0.2, 0.25) is 0 Å². The predicted molar refractivity (Wildman–Crippen MR) is 177 cm³/mol. The second-order valence-electron chi connectivity index (χ2n) is 13.2. The second-order valence-corrected chi connectivity index (χ2v) is 13.2. The van der Waals surface area contributed by atoms with Crippen LogP contribution in [-0.2, 0) is 19.6 Å². The number of nitrogens with one attached hydrogen (secondary N) is 2. The zero-order chi connectivity index (χ0) is 29.3. The van der Waals surface area contributed by atoms with Crippen LogP contribution in [0.15, 0.2) is 78.9 Å². The van der Waals surface area contributed by atoms with Crippen molar-refractivity contribution in [2.75, 3.05) is 13.1 Å². The largest absolute Gasteiger partial charge is 0.335 e. The van der Waals surface area contributed by atoms with Crippen LogP contribution in [0.4, 0.5) is 4.79 Å². The van der Waals surface area contributed by atoms with Crippen LogP contribution >= 0.6 is 0 Å². The number of benzene rings is 3. The summed E-state index contributed by atoms with van der Waals surface area (Å²) in [6.07, 6.45) is 13.3. The van der Waals surface area contributed by atoms with E-state index < -0.39 is 0 Å². The van der Waals surface area contributed by atoms with E-state index >= 15 is 0 Å². The maximum absolute atomic E-state index is 13.9. The van der Waals surface area contributed by atoms with Gasteiger partial charge in [-0.25, -0.2) is 4.79 Å². The zero-order valence-electron chi connectivity index (χ0n) is 25.9. The summed E-state index contributed by atoms with van der Waals surface area (Å²) < 4.78 is 0. The Morgan fingerprint density at radius 3 is 2.00 bits per heavy atom.